The second-order valence-corrected chi connectivity index (χ2v) is 5.98. The molecule has 114 valence electrons. The Balaban J connectivity index is 2.14. The molecule has 1 aliphatic rings. The van der Waals surface area contributed by atoms with Gasteiger partial charge in [-0.15, -0.1) is 0 Å². The van der Waals surface area contributed by atoms with Crippen LogP contribution in [0.4, 0.5) is 5.69 Å². The topological polar surface area (TPSA) is 66.4 Å². The van der Waals surface area contributed by atoms with Crippen molar-refractivity contribution in [2.24, 2.45) is 5.41 Å². The second-order valence-electron chi connectivity index (χ2n) is 5.98. The van der Waals surface area contributed by atoms with Crippen molar-refractivity contribution in [2.75, 3.05) is 5.32 Å². The Morgan fingerprint density at radius 2 is 2.00 bits per heavy atom. The number of rotatable bonds is 5. The fraction of sp³-hybridized carbons (Fsp3) is 0.529. The maximum absolute atomic E-state index is 12.6. The number of carbonyl (C=O) groups is 2. The lowest BCUT2D eigenvalue weighted by Gasteiger charge is -2.26. The Kier molecular flexibility index (Phi) is 4.66. The van der Waals surface area contributed by atoms with Crippen molar-refractivity contribution >= 4 is 17.6 Å². The van der Waals surface area contributed by atoms with Crippen LogP contribution in [0.1, 0.15) is 57.4 Å². The molecule has 2 N–H and O–H groups in total. The first-order chi connectivity index (χ1) is 9.98. The Morgan fingerprint density at radius 1 is 1.33 bits per heavy atom. The molecule has 4 nitrogen and oxygen atoms in total. The normalized spacial score (nSPS) is 18.2. The molecular formula is C17H23NO3. The fourth-order valence-electron chi connectivity index (χ4n) is 3.08. The van der Waals surface area contributed by atoms with E-state index in [4.69, 9.17) is 5.11 Å². The summed E-state index contributed by atoms with van der Waals surface area (Å²) in [5.41, 5.74) is 1.15. The molecule has 1 aromatic rings. The zero-order valence-corrected chi connectivity index (χ0v) is 12.7. The summed E-state index contributed by atoms with van der Waals surface area (Å²) in [5, 5.41) is 12.1. The van der Waals surface area contributed by atoms with Gasteiger partial charge in [0.05, 0.1) is 5.92 Å². The lowest BCUT2D eigenvalue weighted by atomic mass is 9.82. The highest BCUT2D eigenvalue weighted by molar-refractivity contribution is 5.95. The number of anilines is 1. The van der Waals surface area contributed by atoms with Gasteiger partial charge in [0.25, 0.3) is 0 Å². The summed E-state index contributed by atoms with van der Waals surface area (Å²) in [6.45, 7) is 3.71. The molecule has 0 aromatic heterocycles. The summed E-state index contributed by atoms with van der Waals surface area (Å²) in [4.78, 5) is 23.6. The molecule has 0 heterocycles. The van der Waals surface area contributed by atoms with E-state index in [1.807, 2.05) is 6.07 Å². The van der Waals surface area contributed by atoms with Crippen LogP contribution in [0.25, 0.3) is 0 Å². The minimum Gasteiger partial charge on any atom is -0.481 e. The summed E-state index contributed by atoms with van der Waals surface area (Å²) in [7, 11) is 0. The Bertz CT molecular complexity index is 533. The Labute approximate surface area is 125 Å². The first-order valence-electron chi connectivity index (χ1n) is 7.63. The molecule has 1 saturated carbocycles. The van der Waals surface area contributed by atoms with Crippen molar-refractivity contribution in [3.8, 4) is 0 Å². The Morgan fingerprint density at radius 3 is 2.57 bits per heavy atom. The van der Waals surface area contributed by atoms with Crippen LogP contribution in [0, 0.1) is 5.41 Å². The van der Waals surface area contributed by atoms with E-state index in [0.29, 0.717) is 11.3 Å². The highest BCUT2D eigenvalue weighted by Crippen LogP contribution is 2.41. The maximum Gasteiger partial charge on any atom is 0.310 e. The minimum absolute atomic E-state index is 0.0719. The molecule has 0 radical (unpaired) electrons. The molecule has 0 spiro atoms. The second kappa shape index (κ2) is 6.29. The highest BCUT2D eigenvalue weighted by atomic mass is 16.4. The van der Waals surface area contributed by atoms with Crippen LogP contribution in [0.2, 0.25) is 0 Å². The van der Waals surface area contributed by atoms with E-state index >= 15 is 0 Å². The van der Waals surface area contributed by atoms with Gasteiger partial charge in [-0.2, -0.15) is 0 Å². The lowest BCUT2D eigenvalue weighted by molar-refractivity contribution is -0.138. The van der Waals surface area contributed by atoms with Gasteiger partial charge in [-0.3, -0.25) is 9.59 Å². The molecule has 4 heteroatoms. The zero-order chi connectivity index (χ0) is 15.5. The van der Waals surface area contributed by atoms with Gasteiger partial charge in [-0.1, -0.05) is 31.9 Å². The largest absolute Gasteiger partial charge is 0.481 e. The minimum atomic E-state index is -0.862. The molecular weight excluding hydrogens is 266 g/mol. The fourth-order valence-corrected chi connectivity index (χ4v) is 3.08. The SMILES string of the molecule is CCC1(C(=O)Nc2cccc(C(C)C(=O)O)c2)CCCC1. The van der Waals surface area contributed by atoms with Gasteiger partial charge in [0, 0.05) is 11.1 Å². The van der Waals surface area contributed by atoms with Gasteiger partial charge < -0.3 is 10.4 Å². The van der Waals surface area contributed by atoms with E-state index in [9.17, 15) is 9.59 Å². The van der Waals surface area contributed by atoms with Gasteiger partial charge in [-0.25, -0.2) is 0 Å². The molecule has 0 saturated heterocycles. The molecule has 2 rings (SSSR count). The predicted molar refractivity (Wildman–Crippen MR) is 82.3 cm³/mol. The number of carboxylic acid groups (broad SMARTS) is 1. The Hall–Kier alpha value is -1.84. The number of hydrogen-bond donors (Lipinski definition) is 2. The zero-order valence-electron chi connectivity index (χ0n) is 12.7. The van der Waals surface area contributed by atoms with Crippen LogP contribution < -0.4 is 5.32 Å². The molecule has 1 aliphatic carbocycles. The van der Waals surface area contributed by atoms with E-state index in [0.717, 1.165) is 32.1 Å². The first kappa shape index (κ1) is 15.5. The maximum atomic E-state index is 12.6. The third kappa shape index (κ3) is 3.26. The van der Waals surface area contributed by atoms with E-state index in [-0.39, 0.29) is 11.3 Å². The standard InChI is InChI=1S/C17H23NO3/c1-3-17(9-4-5-10-17)16(21)18-14-8-6-7-13(11-14)12(2)15(19)20/h6-8,11-12H,3-5,9-10H2,1-2H3,(H,18,21)(H,19,20). The van der Waals surface area contributed by atoms with E-state index in [2.05, 4.69) is 12.2 Å². The molecule has 0 aliphatic heterocycles. The van der Waals surface area contributed by atoms with Crippen LogP contribution in [0.5, 0.6) is 0 Å². The smallest absolute Gasteiger partial charge is 0.310 e. The average molecular weight is 289 g/mol. The number of carbonyl (C=O) groups excluding carboxylic acids is 1. The number of nitrogens with one attached hydrogen (secondary N) is 1. The summed E-state index contributed by atoms with van der Waals surface area (Å²) < 4.78 is 0. The third-order valence-corrected chi connectivity index (χ3v) is 4.73. The average Bonchev–Trinajstić information content (AvgIpc) is 2.96. The summed E-state index contributed by atoms with van der Waals surface area (Å²) in [5.74, 6) is -1.37. The van der Waals surface area contributed by atoms with E-state index in [1.54, 1.807) is 25.1 Å². The summed E-state index contributed by atoms with van der Waals surface area (Å²) in [6.07, 6.45) is 4.96. The number of benzene rings is 1. The number of hydrogen-bond acceptors (Lipinski definition) is 2. The van der Waals surface area contributed by atoms with E-state index < -0.39 is 11.9 Å². The molecule has 1 fully saturated rings. The van der Waals surface area contributed by atoms with Crippen molar-refractivity contribution in [2.45, 2.75) is 51.9 Å². The van der Waals surface area contributed by atoms with Crippen LogP contribution in [0.3, 0.4) is 0 Å². The van der Waals surface area contributed by atoms with Gasteiger partial charge >= 0.3 is 5.97 Å². The molecule has 21 heavy (non-hydrogen) atoms. The molecule has 0 bridgehead atoms. The highest BCUT2D eigenvalue weighted by Gasteiger charge is 2.39. The quantitative estimate of drug-likeness (QED) is 0.866. The summed E-state index contributed by atoms with van der Waals surface area (Å²) in [6, 6.07) is 7.14. The van der Waals surface area contributed by atoms with Gasteiger partial charge in [-0.05, 0) is 43.9 Å². The van der Waals surface area contributed by atoms with Crippen LogP contribution in [-0.2, 0) is 9.59 Å². The van der Waals surface area contributed by atoms with Crippen LogP contribution in [0.15, 0.2) is 24.3 Å². The number of aliphatic carboxylic acids is 1. The van der Waals surface area contributed by atoms with Crippen LogP contribution in [-0.4, -0.2) is 17.0 Å². The molecule has 1 aromatic carbocycles. The first-order valence-corrected chi connectivity index (χ1v) is 7.63. The van der Waals surface area contributed by atoms with Crippen molar-refractivity contribution in [1.29, 1.82) is 0 Å². The lowest BCUT2D eigenvalue weighted by Crippen LogP contribution is -2.33. The number of amides is 1. The van der Waals surface area contributed by atoms with Crippen molar-refractivity contribution in [3.05, 3.63) is 29.8 Å². The monoisotopic (exact) mass is 289 g/mol. The van der Waals surface area contributed by atoms with Gasteiger partial charge in [0.15, 0.2) is 0 Å². The molecule has 1 atom stereocenters. The number of carboxylic acids is 1. The predicted octanol–water partition coefficient (Wildman–Crippen LogP) is 3.78. The molecule has 1 unspecified atom stereocenters. The van der Waals surface area contributed by atoms with E-state index in [1.165, 1.54) is 0 Å². The van der Waals surface area contributed by atoms with Gasteiger partial charge in [0.2, 0.25) is 5.91 Å². The molecule has 1 amide bonds. The third-order valence-electron chi connectivity index (χ3n) is 4.73. The van der Waals surface area contributed by atoms with Gasteiger partial charge in [0.1, 0.15) is 0 Å². The van der Waals surface area contributed by atoms with Crippen molar-refractivity contribution in [1.82, 2.24) is 0 Å². The van der Waals surface area contributed by atoms with Crippen LogP contribution >= 0.6 is 0 Å². The van der Waals surface area contributed by atoms with Crippen molar-refractivity contribution in [3.63, 3.8) is 0 Å². The van der Waals surface area contributed by atoms with Crippen molar-refractivity contribution < 1.29 is 14.7 Å². The summed E-state index contributed by atoms with van der Waals surface area (Å²) >= 11 is 0.